The zero-order valence-electron chi connectivity index (χ0n) is 20.4. The van der Waals surface area contributed by atoms with Crippen molar-refractivity contribution in [3.05, 3.63) is 89.7 Å². The minimum absolute atomic E-state index is 0.0786. The number of rotatable bonds is 8. The van der Waals surface area contributed by atoms with Crippen molar-refractivity contribution in [2.45, 2.75) is 49.6 Å². The average molecular weight is 525 g/mol. The van der Waals surface area contributed by atoms with Crippen LogP contribution in [0.3, 0.4) is 0 Å². The molecular formula is C28H29FN2O5S. The van der Waals surface area contributed by atoms with Gasteiger partial charge in [0, 0.05) is 12.0 Å². The van der Waals surface area contributed by atoms with Crippen molar-refractivity contribution in [3.8, 4) is 11.1 Å². The molecule has 0 saturated heterocycles. The van der Waals surface area contributed by atoms with Crippen LogP contribution in [-0.2, 0) is 14.8 Å². The van der Waals surface area contributed by atoms with Crippen LogP contribution < -0.4 is 10.0 Å². The van der Waals surface area contributed by atoms with Gasteiger partial charge < -0.3 is 10.4 Å². The molecule has 4 rings (SSSR count). The number of amides is 1. The van der Waals surface area contributed by atoms with Gasteiger partial charge in [-0.15, -0.1) is 0 Å². The summed E-state index contributed by atoms with van der Waals surface area (Å²) in [6.45, 7) is 1.85. The van der Waals surface area contributed by atoms with Crippen molar-refractivity contribution in [1.82, 2.24) is 10.0 Å². The predicted molar refractivity (Wildman–Crippen MR) is 138 cm³/mol. The molecule has 1 amide bonds. The Morgan fingerprint density at radius 1 is 0.865 bits per heavy atom. The standard InChI is InChI=1S/C28H29FN2O5S/c1-18(19-6-12-24(29)13-7-19)30-27(32)22-8-14-25(15-9-22)31-37(35,36)26-16-10-21(11-17-26)20-2-4-23(5-3-20)28(33)34/h2-7,10-13,16-18,22,25,31H,8-9,14-15H2,1H3,(H,30,32)(H,33,34)/t18-,22-,25-/m1/s1. The van der Waals surface area contributed by atoms with E-state index in [1.54, 1.807) is 36.4 Å². The second kappa shape index (κ2) is 11.2. The third kappa shape index (κ3) is 6.61. The Kier molecular flexibility index (Phi) is 8.04. The Hall–Kier alpha value is -3.56. The van der Waals surface area contributed by atoms with E-state index in [1.807, 2.05) is 6.92 Å². The van der Waals surface area contributed by atoms with E-state index >= 15 is 0 Å². The SMILES string of the molecule is C[C@@H](NC(=O)[C@H]1CC[C@H](NS(=O)(=O)c2ccc(-c3ccc(C(=O)O)cc3)cc2)CC1)c1ccc(F)cc1. The second-order valence-electron chi connectivity index (χ2n) is 9.36. The van der Waals surface area contributed by atoms with Crippen LogP contribution >= 0.6 is 0 Å². The molecule has 3 aromatic carbocycles. The highest BCUT2D eigenvalue weighted by Gasteiger charge is 2.29. The zero-order chi connectivity index (χ0) is 26.6. The lowest BCUT2D eigenvalue weighted by Crippen LogP contribution is -2.41. The second-order valence-corrected chi connectivity index (χ2v) is 11.1. The van der Waals surface area contributed by atoms with Crippen LogP contribution in [0.1, 0.15) is 54.6 Å². The number of hydrogen-bond acceptors (Lipinski definition) is 4. The van der Waals surface area contributed by atoms with Crippen LogP contribution in [0.15, 0.2) is 77.7 Å². The summed E-state index contributed by atoms with van der Waals surface area (Å²) in [5.74, 6) is -1.61. The van der Waals surface area contributed by atoms with Gasteiger partial charge in [0.15, 0.2) is 0 Å². The van der Waals surface area contributed by atoms with Gasteiger partial charge in [-0.3, -0.25) is 4.79 Å². The highest BCUT2D eigenvalue weighted by atomic mass is 32.2. The fourth-order valence-electron chi connectivity index (χ4n) is 4.56. The van der Waals surface area contributed by atoms with Crippen molar-refractivity contribution < 1.29 is 27.5 Å². The summed E-state index contributed by atoms with van der Waals surface area (Å²) < 4.78 is 41.8. The summed E-state index contributed by atoms with van der Waals surface area (Å²) in [5, 5.41) is 12.0. The van der Waals surface area contributed by atoms with Gasteiger partial charge in [-0.1, -0.05) is 36.4 Å². The minimum atomic E-state index is -3.73. The summed E-state index contributed by atoms with van der Waals surface area (Å²) in [7, 11) is -3.73. The molecule has 0 bridgehead atoms. The van der Waals surface area contributed by atoms with E-state index in [9.17, 15) is 22.4 Å². The number of hydrogen-bond donors (Lipinski definition) is 3. The maximum atomic E-state index is 13.1. The number of carbonyl (C=O) groups is 2. The fourth-order valence-corrected chi connectivity index (χ4v) is 5.86. The van der Waals surface area contributed by atoms with Crippen molar-refractivity contribution in [2.75, 3.05) is 0 Å². The molecule has 3 aromatic rings. The Labute approximate surface area is 215 Å². The van der Waals surface area contributed by atoms with Crippen LogP contribution in [0, 0.1) is 11.7 Å². The quantitative estimate of drug-likeness (QED) is 0.388. The predicted octanol–water partition coefficient (Wildman–Crippen LogP) is 4.91. The molecule has 7 nitrogen and oxygen atoms in total. The molecule has 0 heterocycles. The van der Waals surface area contributed by atoms with E-state index in [0.717, 1.165) is 16.7 Å². The molecule has 0 aliphatic heterocycles. The maximum Gasteiger partial charge on any atom is 0.335 e. The highest BCUT2D eigenvalue weighted by Crippen LogP contribution is 2.27. The van der Waals surface area contributed by atoms with Gasteiger partial charge in [-0.2, -0.15) is 0 Å². The molecule has 194 valence electrons. The lowest BCUT2D eigenvalue weighted by Gasteiger charge is -2.29. The first kappa shape index (κ1) is 26.5. The summed E-state index contributed by atoms with van der Waals surface area (Å²) in [4.78, 5) is 23.9. The highest BCUT2D eigenvalue weighted by molar-refractivity contribution is 7.89. The number of halogens is 1. The normalized spacial score (nSPS) is 18.6. The molecule has 1 atom stereocenters. The average Bonchev–Trinajstić information content (AvgIpc) is 2.89. The summed E-state index contributed by atoms with van der Waals surface area (Å²) >= 11 is 0. The Bertz CT molecular complexity index is 1350. The molecule has 0 aromatic heterocycles. The van der Waals surface area contributed by atoms with Gasteiger partial charge in [0.2, 0.25) is 15.9 Å². The van der Waals surface area contributed by atoms with Gasteiger partial charge in [0.25, 0.3) is 0 Å². The first-order valence-electron chi connectivity index (χ1n) is 12.1. The fraction of sp³-hybridized carbons (Fsp3) is 0.286. The molecule has 1 aliphatic carbocycles. The molecule has 3 N–H and O–H groups in total. The maximum absolute atomic E-state index is 13.1. The lowest BCUT2D eigenvalue weighted by atomic mass is 9.85. The molecule has 0 spiro atoms. The lowest BCUT2D eigenvalue weighted by molar-refractivity contribution is -0.126. The number of sulfonamides is 1. The third-order valence-electron chi connectivity index (χ3n) is 6.78. The molecule has 1 saturated carbocycles. The number of aromatic carboxylic acids is 1. The van der Waals surface area contributed by atoms with Crippen LogP contribution in [-0.4, -0.2) is 31.4 Å². The Morgan fingerprint density at radius 3 is 1.95 bits per heavy atom. The third-order valence-corrected chi connectivity index (χ3v) is 8.31. The first-order valence-corrected chi connectivity index (χ1v) is 13.6. The van der Waals surface area contributed by atoms with Gasteiger partial charge >= 0.3 is 5.97 Å². The van der Waals surface area contributed by atoms with Crippen molar-refractivity contribution in [3.63, 3.8) is 0 Å². The summed E-state index contributed by atoms with van der Waals surface area (Å²) in [5.41, 5.74) is 2.56. The Balaban J connectivity index is 1.30. The number of carbonyl (C=O) groups excluding carboxylic acids is 1. The van der Waals surface area contributed by atoms with Crippen LogP contribution in [0.5, 0.6) is 0 Å². The smallest absolute Gasteiger partial charge is 0.335 e. The monoisotopic (exact) mass is 524 g/mol. The number of nitrogens with one attached hydrogen (secondary N) is 2. The van der Waals surface area contributed by atoms with E-state index < -0.39 is 16.0 Å². The van der Waals surface area contributed by atoms with E-state index in [0.29, 0.717) is 25.7 Å². The number of benzene rings is 3. The molecule has 0 radical (unpaired) electrons. The molecule has 1 aliphatic rings. The van der Waals surface area contributed by atoms with E-state index in [-0.39, 0.29) is 40.2 Å². The van der Waals surface area contributed by atoms with Gasteiger partial charge in [-0.05, 0) is 85.7 Å². The number of carboxylic acids is 1. The minimum Gasteiger partial charge on any atom is -0.478 e. The van der Waals surface area contributed by atoms with Crippen LogP contribution in [0.25, 0.3) is 11.1 Å². The molecule has 9 heteroatoms. The summed E-state index contributed by atoms with van der Waals surface area (Å²) in [6.07, 6.45) is 2.24. The number of carboxylic acid groups (broad SMARTS) is 1. The van der Waals surface area contributed by atoms with Gasteiger partial charge in [-0.25, -0.2) is 22.3 Å². The van der Waals surface area contributed by atoms with Crippen molar-refractivity contribution >= 4 is 21.9 Å². The zero-order valence-corrected chi connectivity index (χ0v) is 21.2. The topological polar surface area (TPSA) is 113 Å². The van der Waals surface area contributed by atoms with Crippen molar-refractivity contribution in [2.24, 2.45) is 5.92 Å². The van der Waals surface area contributed by atoms with Crippen LogP contribution in [0.2, 0.25) is 0 Å². The van der Waals surface area contributed by atoms with E-state index in [1.165, 1.54) is 36.4 Å². The Morgan fingerprint density at radius 2 is 1.41 bits per heavy atom. The van der Waals surface area contributed by atoms with Crippen LogP contribution in [0.4, 0.5) is 4.39 Å². The molecule has 0 unspecified atom stereocenters. The van der Waals surface area contributed by atoms with E-state index in [2.05, 4.69) is 10.0 Å². The first-order chi connectivity index (χ1) is 17.6. The summed E-state index contributed by atoms with van der Waals surface area (Å²) in [6, 6.07) is 18.3. The van der Waals surface area contributed by atoms with Gasteiger partial charge in [0.05, 0.1) is 16.5 Å². The van der Waals surface area contributed by atoms with Crippen molar-refractivity contribution in [1.29, 1.82) is 0 Å². The molecule has 37 heavy (non-hydrogen) atoms. The van der Waals surface area contributed by atoms with Gasteiger partial charge in [0.1, 0.15) is 5.82 Å². The molecular weight excluding hydrogens is 495 g/mol. The van der Waals surface area contributed by atoms with E-state index in [4.69, 9.17) is 5.11 Å². The molecule has 1 fully saturated rings. The largest absolute Gasteiger partial charge is 0.478 e.